The van der Waals surface area contributed by atoms with Gasteiger partial charge in [0.15, 0.2) is 5.82 Å². The van der Waals surface area contributed by atoms with Crippen LogP contribution >= 0.6 is 15.9 Å². The molecule has 0 radical (unpaired) electrons. The topological polar surface area (TPSA) is 76.6 Å². The third-order valence-corrected chi connectivity index (χ3v) is 4.44. The van der Waals surface area contributed by atoms with Crippen LogP contribution in [0.25, 0.3) is 10.9 Å². The Bertz CT molecular complexity index is 850. The second-order valence-electron chi connectivity index (χ2n) is 7.05. The van der Waals surface area contributed by atoms with Gasteiger partial charge in [-0.2, -0.15) is 0 Å². The van der Waals surface area contributed by atoms with Crippen LogP contribution in [0.1, 0.15) is 20.8 Å². The molecule has 3 rings (SSSR count). The lowest BCUT2D eigenvalue weighted by atomic mass is 10.1. The highest BCUT2D eigenvalue weighted by molar-refractivity contribution is 9.10. The molecule has 1 aromatic heterocycles. The van der Waals surface area contributed by atoms with Crippen LogP contribution in [0.5, 0.6) is 5.75 Å². The average molecular weight is 427 g/mol. The third-order valence-electron chi connectivity index (χ3n) is 3.86. The number of benzene rings is 1. The summed E-state index contributed by atoms with van der Waals surface area (Å²) in [5, 5.41) is 3.69. The molecule has 1 fully saturated rings. The summed E-state index contributed by atoms with van der Waals surface area (Å²) < 4.78 is 25.3. The molecule has 2 aromatic rings. The highest BCUT2D eigenvalue weighted by Crippen LogP contribution is 2.36. The van der Waals surface area contributed by atoms with Gasteiger partial charge in [-0.15, -0.1) is 0 Å². The molecule has 0 spiro atoms. The van der Waals surface area contributed by atoms with Gasteiger partial charge in [0.1, 0.15) is 29.0 Å². The largest absolute Gasteiger partial charge is 0.496 e. The number of aromatic nitrogens is 2. The number of likely N-dealkylation sites (tertiary alicyclic amines) is 1. The highest BCUT2D eigenvalue weighted by Gasteiger charge is 2.34. The number of rotatable bonds is 3. The van der Waals surface area contributed by atoms with E-state index >= 15 is 0 Å². The van der Waals surface area contributed by atoms with Crippen LogP contribution in [0.3, 0.4) is 0 Å². The van der Waals surface area contributed by atoms with Crippen molar-refractivity contribution in [2.24, 2.45) is 0 Å². The van der Waals surface area contributed by atoms with E-state index in [1.54, 1.807) is 11.0 Å². The molecule has 1 aliphatic heterocycles. The molecule has 0 saturated carbocycles. The number of fused-ring (bicyclic) bond motifs is 1. The fourth-order valence-electron chi connectivity index (χ4n) is 2.66. The number of carbonyl (C=O) groups excluding carboxylic acids is 1. The predicted octanol–water partition coefficient (Wildman–Crippen LogP) is 3.57. The number of ether oxygens (including phenoxy) is 2. The fraction of sp³-hybridized carbons (Fsp3) is 0.471. The molecule has 140 valence electrons. The summed E-state index contributed by atoms with van der Waals surface area (Å²) in [5.41, 5.74) is -0.367. The van der Waals surface area contributed by atoms with Gasteiger partial charge in [-0.1, -0.05) is 0 Å². The van der Waals surface area contributed by atoms with Crippen LogP contribution in [0, 0.1) is 5.82 Å². The number of nitrogens with one attached hydrogen (secondary N) is 1. The SMILES string of the molecule is COc1cc(Br)c(F)c2ncnc(NC3CN(C(=O)OC(C)(C)C)C3)c12. The van der Waals surface area contributed by atoms with Crippen LogP contribution < -0.4 is 10.1 Å². The maximum absolute atomic E-state index is 14.4. The Hall–Kier alpha value is -2.16. The van der Waals surface area contributed by atoms with Gasteiger partial charge in [0.25, 0.3) is 0 Å². The van der Waals surface area contributed by atoms with Gasteiger partial charge in [-0.25, -0.2) is 19.2 Å². The second-order valence-corrected chi connectivity index (χ2v) is 7.90. The first kappa shape index (κ1) is 18.6. The van der Waals surface area contributed by atoms with Crippen LogP contribution in [-0.4, -0.2) is 52.8 Å². The minimum Gasteiger partial charge on any atom is -0.496 e. The monoisotopic (exact) mass is 426 g/mol. The smallest absolute Gasteiger partial charge is 0.410 e. The Balaban J connectivity index is 1.77. The van der Waals surface area contributed by atoms with E-state index in [-0.39, 0.29) is 22.1 Å². The van der Waals surface area contributed by atoms with E-state index < -0.39 is 11.4 Å². The summed E-state index contributed by atoms with van der Waals surface area (Å²) in [6.45, 7) is 6.43. The van der Waals surface area contributed by atoms with Crippen LogP contribution in [0.15, 0.2) is 16.9 Å². The zero-order valence-electron chi connectivity index (χ0n) is 15.0. The van der Waals surface area contributed by atoms with Gasteiger partial charge in [-0.3, -0.25) is 0 Å². The van der Waals surface area contributed by atoms with E-state index in [1.165, 1.54) is 13.4 Å². The molecule has 0 atom stereocenters. The van der Waals surface area contributed by atoms with Gasteiger partial charge >= 0.3 is 6.09 Å². The third kappa shape index (κ3) is 3.67. The van der Waals surface area contributed by atoms with Crippen LogP contribution in [0.4, 0.5) is 15.0 Å². The number of hydrogen-bond acceptors (Lipinski definition) is 6. The van der Waals surface area contributed by atoms with Gasteiger partial charge in [0.2, 0.25) is 0 Å². The first-order valence-electron chi connectivity index (χ1n) is 8.10. The van der Waals surface area contributed by atoms with Gasteiger partial charge in [0.05, 0.1) is 23.0 Å². The Morgan fingerprint density at radius 3 is 2.69 bits per heavy atom. The molecule has 0 aliphatic carbocycles. The first-order valence-corrected chi connectivity index (χ1v) is 8.90. The lowest BCUT2D eigenvalue weighted by molar-refractivity contribution is 0.0105. The first-order chi connectivity index (χ1) is 12.2. The van der Waals surface area contributed by atoms with Gasteiger partial charge in [0, 0.05) is 13.1 Å². The normalized spacial score (nSPS) is 14.9. The van der Waals surface area contributed by atoms with Crippen molar-refractivity contribution in [2.75, 3.05) is 25.5 Å². The molecule has 1 aliphatic rings. The Morgan fingerprint density at radius 2 is 2.08 bits per heavy atom. The molecule has 1 N–H and O–H groups in total. The summed E-state index contributed by atoms with van der Waals surface area (Å²) >= 11 is 3.16. The molecule has 1 saturated heterocycles. The van der Waals surface area contributed by atoms with Crippen molar-refractivity contribution in [1.29, 1.82) is 0 Å². The van der Waals surface area contributed by atoms with Crippen molar-refractivity contribution in [3.8, 4) is 5.75 Å². The van der Waals surface area contributed by atoms with E-state index in [1.807, 2.05) is 20.8 Å². The maximum Gasteiger partial charge on any atom is 0.410 e. The predicted molar refractivity (Wildman–Crippen MR) is 99.0 cm³/mol. The van der Waals surface area contributed by atoms with Gasteiger partial charge < -0.3 is 19.7 Å². The zero-order valence-corrected chi connectivity index (χ0v) is 16.6. The van der Waals surface area contributed by atoms with Crippen LogP contribution in [-0.2, 0) is 4.74 Å². The Kier molecular flexibility index (Phi) is 4.92. The van der Waals surface area contributed by atoms with E-state index in [9.17, 15) is 9.18 Å². The van der Waals surface area contributed by atoms with Crippen molar-refractivity contribution in [1.82, 2.24) is 14.9 Å². The number of nitrogens with zero attached hydrogens (tertiary/aromatic N) is 3. The molecule has 2 heterocycles. The molecule has 7 nitrogen and oxygen atoms in total. The summed E-state index contributed by atoms with van der Waals surface area (Å²) in [4.78, 5) is 21.9. The zero-order chi connectivity index (χ0) is 19.1. The summed E-state index contributed by atoms with van der Waals surface area (Å²) in [6.07, 6.45) is 0.944. The molecule has 1 amide bonds. The van der Waals surface area contributed by atoms with Crippen molar-refractivity contribution < 1.29 is 18.7 Å². The molecular weight excluding hydrogens is 407 g/mol. The highest BCUT2D eigenvalue weighted by atomic mass is 79.9. The molecule has 0 unspecified atom stereocenters. The van der Waals surface area contributed by atoms with Gasteiger partial charge in [-0.05, 0) is 42.8 Å². The second kappa shape index (κ2) is 6.86. The molecule has 1 aromatic carbocycles. The Morgan fingerprint density at radius 1 is 1.38 bits per heavy atom. The number of halogens is 2. The summed E-state index contributed by atoms with van der Waals surface area (Å²) in [6, 6.07) is 1.53. The minimum atomic E-state index is -0.531. The lowest BCUT2D eigenvalue weighted by Crippen LogP contribution is -2.58. The molecule has 0 bridgehead atoms. The summed E-state index contributed by atoms with van der Waals surface area (Å²) in [5.74, 6) is 0.446. The van der Waals surface area contributed by atoms with E-state index in [0.717, 1.165) is 0 Å². The number of amides is 1. The van der Waals surface area contributed by atoms with E-state index in [2.05, 4.69) is 31.2 Å². The van der Waals surface area contributed by atoms with Crippen LogP contribution in [0.2, 0.25) is 0 Å². The number of methoxy groups -OCH3 is 1. The fourth-order valence-corrected chi connectivity index (χ4v) is 3.05. The lowest BCUT2D eigenvalue weighted by Gasteiger charge is -2.40. The van der Waals surface area contributed by atoms with E-state index in [4.69, 9.17) is 9.47 Å². The van der Waals surface area contributed by atoms with Crippen molar-refractivity contribution in [3.63, 3.8) is 0 Å². The maximum atomic E-state index is 14.4. The number of anilines is 1. The number of hydrogen-bond donors (Lipinski definition) is 1. The number of carbonyl (C=O) groups is 1. The summed E-state index contributed by atoms with van der Waals surface area (Å²) in [7, 11) is 1.50. The quantitative estimate of drug-likeness (QED) is 0.807. The standard InChI is InChI=1S/C17H20BrFN4O3/c1-17(2,3)26-16(24)23-6-9(7-23)22-15-12-11(25-4)5-10(18)13(19)14(12)20-8-21-15/h5,8-9H,6-7H2,1-4H3,(H,20,21,22). The van der Waals surface area contributed by atoms with Crippen molar-refractivity contribution in [2.45, 2.75) is 32.4 Å². The molecule has 9 heteroatoms. The average Bonchev–Trinajstić information content (AvgIpc) is 2.52. The minimum absolute atomic E-state index is 0.0166. The Labute approximate surface area is 159 Å². The van der Waals surface area contributed by atoms with Crippen molar-refractivity contribution >= 4 is 38.7 Å². The molecule has 26 heavy (non-hydrogen) atoms. The van der Waals surface area contributed by atoms with Crippen molar-refractivity contribution in [3.05, 3.63) is 22.7 Å². The molecular formula is C17H20BrFN4O3. The van der Waals surface area contributed by atoms with E-state index in [0.29, 0.717) is 30.0 Å².